The molecule has 3 aromatic heterocycles. The van der Waals surface area contributed by atoms with E-state index in [0.717, 1.165) is 11.1 Å². The van der Waals surface area contributed by atoms with Crippen molar-refractivity contribution in [1.29, 1.82) is 0 Å². The molecule has 0 atom stereocenters. The van der Waals surface area contributed by atoms with Gasteiger partial charge in [-0.1, -0.05) is 38.1 Å². The Morgan fingerprint density at radius 3 is 2.46 bits per heavy atom. The van der Waals surface area contributed by atoms with Gasteiger partial charge in [0.2, 0.25) is 0 Å². The highest BCUT2D eigenvalue weighted by Gasteiger charge is 2.24. The first-order valence-corrected chi connectivity index (χ1v) is 11.4. The van der Waals surface area contributed by atoms with Gasteiger partial charge in [-0.3, -0.25) is 15.1 Å². The number of hydrogen-bond donors (Lipinski definition) is 1. The summed E-state index contributed by atoms with van der Waals surface area (Å²) in [5.74, 6) is 0.948. The molecule has 0 saturated carbocycles. The van der Waals surface area contributed by atoms with Crippen molar-refractivity contribution in [2.45, 2.75) is 33.3 Å². The fourth-order valence-electron chi connectivity index (χ4n) is 3.65. The lowest BCUT2D eigenvalue weighted by atomic mass is 10.0. The number of carbonyl (C=O) groups is 1. The summed E-state index contributed by atoms with van der Waals surface area (Å²) in [5, 5.41) is 7.18. The molecule has 0 bridgehead atoms. The van der Waals surface area contributed by atoms with Gasteiger partial charge in [0.1, 0.15) is 12.3 Å². The topological polar surface area (TPSA) is 99.2 Å². The molecule has 3 heterocycles. The van der Waals surface area contributed by atoms with Crippen LogP contribution in [-0.2, 0) is 11.3 Å². The molecule has 0 radical (unpaired) electrons. The number of aromatic amines is 1. The number of ether oxygens (including phenoxy) is 3. The Morgan fingerprint density at radius 2 is 1.80 bits per heavy atom. The molecular weight excluding hydrogens is 444 g/mol. The fourth-order valence-corrected chi connectivity index (χ4v) is 3.65. The van der Waals surface area contributed by atoms with Crippen LogP contribution in [0.25, 0.3) is 22.5 Å². The standard InChI is InChI=1S/C27H28N4O4/c1-5-34-27(32)26-24(25(30-31-26)20-10-12-28-13-11-20)21-14-22(33-4)23(15-29-21)35-16-18-6-8-19(9-7-18)17(2)3/h6-15,17H,5,16H2,1-4H3,(H,30,31). The molecular formula is C27H28N4O4. The second-order valence-corrected chi connectivity index (χ2v) is 8.18. The van der Waals surface area contributed by atoms with E-state index in [-0.39, 0.29) is 12.3 Å². The van der Waals surface area contributed by atoms with Crippen molar-refractivity contribution < 1.29 is 19.0 Å². The second-order valence-electron chi connectivity index (χ2n) is 8.18. The van der Waals surface area contributed by atoms with Gasteiger partial charge in [-0.25, -0.2) is 4.79 Å². The van der Waals surface area contributed by atoms with E-state index in [1.807, 2.05) is 12.1 Å². The highest BCUT2D eigenvalue weighted by atomic mass is 16.5. The van der Waals surface area contributed by atoms with Crippen LogP contribution in [0.15, 0.2) is 61.1 Å². The monoisotopic (exact) mass is 472 g/mol. The minimum atomic E-state index is -0.513. The highest BCUT2D eigenvalue weighted by Crippen LogP contribution is 2.37. The van der Waals surface area contributed by atoms with Crippen LogP contribution in [0.5, 0.6) is 11.5 Å². The zero-order valence-corrected chi connectivity index (χ0v) is 20.2. The van der Waals surface area contributed by atoms with E-state index in [2.05, 4.69) is 58.3 Å². The van der Waals surface area contributed by atoms with E-state index >= 15 is 0 Å². The summed E-state index contributed by atoms with van der Waals surface area (Å²) in [4.78, 5) is 21.3. The maximum Gasteiger partial charge on any atom is 0.357 e. The first-order chi connectivity index (χ1) is 17.0. The number of methoxy groups -OCH3 is 1. The third-order valence-corrected chi connectivity index (χ3v) is 5.55. The van der Waals surface area contributed by atoms with Crippen molar-refractivity contribution in [3.05, 3.63) is 77.9 Å². The normalized spacial score (nSPS) is 10.9. The molecule has 1 aromatic carbocycles. The molecule has 8 heteroatoms. The van der Waals surface area contributed by atoms with Crippen molar-refractivity contribution in [2.24, 2.45) is 0 Å². The van der Waals surface area contributed by atoms with Crippen LogP contribution in [0.1, 0.15) is 48.3 Å². The van der Waals surface area contributed by atoms with Crippen LogP contribution in [0, 0.1) is 0 Å². The van der Waals surface area contributed by atoms with Gasteiger partial charge >= 0.3 is 5.97 Å². The van der Waals surface area contributed by atoms with Gasteiger partial charge in [0.25, 0.3) is 0 Å². The quantitative estimate of drug-likeness (QED) is 0.325. The van der Waals surface area contributed by atoms with Gasteiger partial charge in [-0.05, 0) is 36.1 Å². The highest BCUT2D eigenvalue weighted by molar-refractivity contribution is 5.99. The van der Waals surface area contributed by atoms with E-state index < -0.39 is 5.97 Å². The summed E-state index contributed by atoms with van der Waals surface area (Å²) in [6, 6.07) is 13.7. The Hall–Kier alpha value is -4.20. The summed E-state index contributed by atoms with van der Waals surface area (Å²) >= 11 is 0. The Balaban J connectivity index is 1.66. The Labute approximate surface area is 204 Å². The molecule has 0 saturated heterocycles. The molecule has 1 N–H and O–H groups in total. The Morgan fingerprint density at radius 1 is 1.06 bits per heavy atom. The molecule has 0 spiro atoms. The Bertz CT molecular complexity index is 1280. The molecule has 35 heavy (non-hydrogen) atoms. The minimum Gasteiger partial charge on any atom is -0.493 e. The summed E-state index contributed by atoms with van der Waals surface area (Å²) in [7, 11) is 1.56. The smallest absolute Gasteiger partial charge is 0.357 e. The third-order valence-electron chi connectivity index (χ3n) is 5.55. The molecule has 0 amide bonds. The van der Waals surface area contributed by atoms with Crippen LogP contribution in [0.4, 0.5) is 0 Å². The molecule has 0 unspecified atom stereocenters. The average molecular weight is 473 g/mol. The van der Waals surface area contributed by atoms with E-state index in [0.29, 0.717) is 41.0 Å². The zero-order chi connectivity index (χ0) is 24.8. The van der Waals surface area contributed by atoms with Crippen molar-refractivity contribution >= 4 is 5.97 Å². The van der Waals surface area contributed by atoms with Gasteiger partial charge in [-0.15, -0.1) is 0 Å². The number of carbonyl (C=O) groups excluding carboxylic acids is 1. The zero-order valence-electron chi connectivity index (χ0n) is 20.2. The average Bonchev–Trinajstić information content (AvgIpc) is 3.33. The number of nitrogens with one attached hydrogen (secondary N) is 1. The molecule has 8 nitrogen and oxygen atoms in total. The number of nitrogens with zero attached hydrogens (tertiary/aromatic N) is 3. The van der Waals surface area contributed by atoms with Crippen LogP contribution in [0.3, 0.4) is 0 Å². The van der Waals surface area contributed by atoms with Gasteiger partial charge in [-0.2, -0.15) is 5.10 Å². The van der Waals surface area contributed by atoms with Crippen molar-refractivity contribution in [2.75, 3.05) is 13.7 Å². The lowest BCUT2D eigenvalue weighted by Crippen LogP contribution is -2.07. The Kier molecular flexibility index (Phi) is 7.40. The summed E-state index contributed by atoms with van der Waals surface area (Å²) < 4.78 is 16.8. The van der Waals surface area contributed by atoms with Crippen molar-refractivity contribution in [3.8, 4) is 34.0 Å². The second kappa shape index (κ2) is 10.8. The van der Waals surface area contributed by atoms with Crippen molar-refractivity contribution in [1.82, 2.24) is 20.2 Å². The van der Waals surface area contributed by atoms with E-state index in [4.69, 9.17) is 14.2 Å². The van der Waals surface area contributed by atoms with E-state index in [1.165, 1.54) is 5.56 Å². The van der Waals surface area contributed by atoms with Gasteiger partial charge in [0.05, 0.1) is 31.2 Å². The number of pyridine rings is 2. The molecule has 0 fully saturated rings. The summed E-state index contributed by atoms with van der Waals surface area (Å²) in [6.07, 6.45) is 4.92. The number of H-pyrrole nitrogens is 1. The first kappa shape index (κ1) is 23.9. The lowest BCUT2D eigenvalue weighted by molar-refractivity contribution is 0.0520. The predicted octanol–water partition coefficient (Wildman–Crippen LogP) is 5.42. The minimum absolute atomic E-state index is 0.215. The maximum absolute atomic E-state index is 12.6. The summed E-state index contributed by atoms with van der Waals surface area (Å²) in [5.41, 5.74) is 4.89. The van der Waals surface area contributed by atoms with Gasteiger partial charge < -0.3 is 14.2 Å². The number of benzene rings is 1. The lowest BCUT2D eigenvalue weighted by Gasteiger charge is -2.13. The molecule has 0 aliphatic rings. The summed E-state index contributed by atoms with van der Waals surface area (Å²) in [6.45, 7) is 6.69. The first-order valence-electron chi connectivity index (χ1n) is 11.4. The molecule has 0 aliphatic carbocycles. The molecule has 0 aliphatic heterocycles. The van der Waals surface area contributed by atoms with Crippen LogP contribution in [-0.4, -0.2) is 39.9 Å². The number of aromatic nitrogens is 4. The van der Waals surface area contributed by atoms with Gasteiger partial charge in [0, 0.05) is 24.0 Å². The predicted molar refractivity (Wildman–Crippen MR) is 132 cm³/mol. The third kappa shape index (κ3) is 5.32. The molecule has 180 valence electrons. The van der Waals surface area contributed by atoms with E-state index in [1.54, 1.807) is 38.7 Å². The number of esters is 1. The number of rotatable bonds is 9. The van der Waals surface area contributed by atoms with Gasteiger partial charge in [0.15, 0.2) is 17.2 Å². The SMILES string of the molecule is CCOC(=O)c1[nH]nc(-c2ccncc2)c1-c1cc(OC)c(OCc2ccc(C(C)C)cc2)cn1. The van der Waals surface area contributed by atoms with Crippen LogP contribution >= 0.6 is 0 Å². The van der Waals surface area contributed by atoms with E-state index in [9.17, 15) is 4.79 Å². The van der Waals surface area contributed by atoms with Crippen LogP contribution < -0.4 is 9.47 Å². The van der Waals surface area contributed by atoms with Crippen LogP contribution in [0.2, 0.25) is 0 Å². The maximum atomic E-state index is 12.6. The largest absolute Gasteiger partial charge is 0.493 e. The molecule has 4 aromatic rings. The molecule has 4 rings (SSSR count). The van der Waals surface area contributed by atoms with Crippen molar-refractivity contribution in [3.63, 3.8) is 0 Å². The number of hydrogen-bond acceptors (Lipinski definition) is 7. The fraction of sp³-hybridized carbons (Fsp3) is 0.259.